The Morgan fingerprint density at radius 3 is 2.00 bits per heavy atom. The molecule has 0 bridgehead atoms. The van der Waals surface area contributed by atoms with Crippen molar-refractivity contribution in [2.24, 2.45) is 0 Å². The molecule has 0 spiro atoms. The van der Waals surface area contributed by atoms with Gasteiger partial charge in [0.1, 0.15) is 30.6 Å². The van der Waals surface area contributed by atoms with E-state index in [9.17, 15) is 33.6 Å². The van der Waals surface area contributed by atoms with Crippen molar-refractivity contribution >= 4 is 76.7 Å². The zero-order valence-electron chi connectivity index (χ0n) is 26.7. The Morgan fingerprint density at radius 2 is 1.46 bits per heavy atom. The number of nitrogens with one attached hydrogen (secondary N) is 1. The number of amides is 1. The molecular formula is C30H32Cl3NO16. The van der Waals surface area contributed by atoms with E-state index < -0.39 is 107 Å². The van der Waals surface area contributed by atoms with Gasteiger partial charge in [0.2, 0.25) is 6.10 Å². The first kappa shape index (κ1) is 40.3. The largest absolute Gasteiger partial charge is 0.514 e. The quantitative estimate of drug-likeness (QED) is 0.106. The molecule has 1 aromatic carbocycles. The van der Waals surface area contributed by atoms with E-state index in [4.69, 9.17) is 77.4 Å². The van der Waals surface area contributed by atoms with Gasteiger partial charge in [-0.25, -0.2) is 9.59 Å². The predicted molar refractivity (Wildman–Crippen MR) is 166 cm³/mol. The van der Waals surface area contributed by atoms with Gasteiger partial charge in [0.15, 0.2) is 30.7 Å². The van der Waals surface area contributed by atoms with Gasteiger partial charge < -0.3 is 47.9 Å². The highest BCUT2D eigenvalue weighted by Crippen LogP contribution is 2.34. The zero-order valence-corrected chi connectivity index (χ0v) is 29.0. The number of ether oxygens (including phenoxy) is 9. The first-order valence-electron chi connectivity index (χ1n) is 14.5. The van der Waals surface area contributed by atoms with E-state index in [1.165, 1.54) is 12.1 Å². The molecular weight excluding hydrogens is 737 g/mol. The summed E-state index contributed by atoms with van der Waals surface area (Å²) in [5.41, 5.74) is 0. The lowest BCUT2D eigenvalue weighted by Crippen LogP contribution is -2.68. The topological polar surface area (TPSA) is 215 Å². The summed E-state index contributed by atoms with van der Waals surface area (Å²) in [7, 11) is 0. The fraction of sp³-hybridized carbons (Fsp3) is 0.500. The first-order valence-corrected chi connectivity index (χ1v) is 15.6. The van der Waals surface area contributed by atoms with Crippen LogP contribution < -0.4 is 10.1 Å². The van der Waals surface area contributed by atoms with Crippen LogP contribution in [0.1, 0.15) is 27.7 Å². The van der Waals surface area contributed by atoms with Gasteiger partial charge in [-0.15, -0.1) is 6.58 Å². The summed E-state index contributed by atoms with van der Waals surface area (Å²) >= 11 is 17.3. The van der Waals surface area contributed by atoms with Gasteiger partial charge in [0, 0.05) is 27.7 Å². The molecule has 20 heteroatoms. The molecule has 1 amide bonds. The average molecular weight is 769 g/mol. The van der Waals surface area contributed by atoms with E-state index in [2.05, 4.69) is 11.9 Å². The van der Waals surface area contributed by atoms with Crippen LogP contribution in [0.25, 0.3) is 0 Å². The maximum atomic E-state index is 13.0. The van der Waals surface area contributed by atoms with Crippen molar-refractivity contribution in [2.45, 2.75) is 86.5 Å². The normalized spacial score (nSPS) is 26.7. The number of esters is 5. The smallest absolute Gasteiger partial charge is 0.463 e. The summed E-state index contributed by atoms with van der Waals surface area (Å²) in [6.07, 6.45) is -13.4. The minimum absolute atomic E-state index is 0.0758. The second-order valence-corrected chi connectivity index (χ2v) is 12.8. The van der Waals surface area contributed by atoms with E-state index >= 15 is 0 Å². The van der Waals surface area contributed by atoms with Gasteiger partial charge in [-0.1, -0.05) is 59.1 Å². The lowest BCUT2D eigenvalue weighted by atomic mass is 9.95. The summed E-state index contributed by atoms with van der Waals surface area (Å²) in [6, 6.07) is 6.02. The minimum Gasteiger partial charge on any atom is -0.463 e. The molecule has 274 valence electrons. The van der Waals surface area contributed by atoms with Crippen LogP contribution in [-0.2, 0) is 66.7 Å². The number of benzene rings is 1. The van der Waals surface area contributed by atoms with E-state index in [0.717, 1.165) is 33.8 Å². The van der Waals surface area contributed by atoms with Gasteiger partial charge in [0.25, 0.3) is 9.70 Å². The molecule has 0 aliphatic carbocycles. The lowest BCUT2D eigenvalue weighted by Gasteiger charge is -2.46. The maximum absolute atomic E-state index is 13.0. The highest BCUT2D eigenvalue weighted by atomic mass is 35.6. The van der Waals surface area contributed by atoms with Crippen molar-refractivity contribution in [3.8, 4) is 5.75 Å². The number of para-hydroxylation sites is 1. The fourth-order valence-electron chi connectivity index (χ4n) is 4.80. The van der Waals surface area contributed by atoms with Gasteiger partial charge >= 0.3 is 36.0 Å². The van der Waals surface area contributed by atoms with Crippen LogP contribution in [0.3, 0.4) is 0 Å². The van der Waals surface area contributed by atoms with Crippen LogP contribution in [0.4, 0.5) is 4.79 Å². The molecule has 9 atom stereocenters. The predicted octanol–water partition coefficient (Wildman–Crippen LogP) is 2.01. The van der Waals surface area contributed by atoms with Crippen molar-refractivity contribution in [2.75, 3.05) is 6.61 Å². The van der Waals surface area contributed by atoms with Crippen LogP contribution in [0.2, 0.25) is 0 Å². The fourth-order valence-corrected chi connectivity index (χ4v) is 4.97. The van der Waals surface area contributed by atoms with E-state index in [1.54, 1.807) is 18.2 Å². The van der Waals surface area contributed by atoms with Crippen molar-refractivity contribution in [3.63, 3.8) is 0 Å². The third-order valence-corrected chi connectivity index (χ3v) is 7.20. The van der Waals surface area contributed by atoms with E-state index in [0.29, 0.717) is 0 Å². The number of hydrogen-bond donors (Lipinski definition) is 1. The molecule has 2 heterocycles. The van der Waals surface area contributed by atoms with Crippen LogP contribution in [0, 0.1) is 0 Å². The number of cyclic esters (lactones) is 1. The Hall–Kier alpha value is -4.16. The van der Waals surface area contributed by atoms with Crippen molar-refractivity contribution in [1.82, 2.24) is 5.32 Å². The molecule has 2 fully saturated rings. The molecule has 0 saturated carbocycles. The zero-order chi connectivity index (χ0) is 37.3. The molecule has 2 aliphatic heterocycles. The van der Waals surface area contributed by atoms with Crippen LogP contribution in [-0.4, -0.2) is 107 Å². The molecule has 0 unspecified atom stereocenters. The van der Waals surface area contributed by atoms with Crippen LogP contribution >= 0.6 is 34.8 Å². The summed E-state index contributed by atoms with van der Waals surface area (Å²) in [5.74, 6) is -5.89. The molecule has 1 N–H and O–H groups in total. The monoisotopic (exact) mass is 767 g/mol. The first-order chi connectivity index (χ1) is 23.4. The molecule has 0 aromatic heterocycles. The molecule has 2 aliphatic rings. The third-order valence-electron chi connectivity index (χ3n) is 6.68. The lowest BCUT2D eigenvalue weighted by molar-refractivity contribution is -0.290. The number of hydrogen-bond acceptors (Lipinski definition) is 16. The average Bonchev–Trinajstić information content (AvgIpc) is 3.30. The maximum Gasteiger partial charge on any atom is 0.514 e. The Labute approximate surface area is 299 Å². The Balaban J connectivity index is 2.01. The number of alkyl halides is 3. The van der Waals surface area contributed by atoms with E-state index in [1.807, 2.05) is 0 Å². The van der Waals surface area contributed by atoms with Gasteiger partial charge in [-0.2, -0.15) is 0 Å². The van der Waals surface area contributed by atoms with Gasteiger partial charge in [0.05, 0.1) is 0 Å². The summed E-state index contributed by atoms with van der Waals surface area (Å²) < 4.78 is 46.2. The van der Waals surface area contributed by atoms with Crippen LogP contribution in [0.15, 0.2) is 43.0 Å². The molecule has 17 nitrogen and oxygen atoms in total. The molecule has 2 saturated heterocycles. The Morgan fingerprint density at radius 1 is 0.880 bits per heavy atom. The van der Waals surface area contributed by atoms with Crippen molar-refractivity contribution in [1.29, 1.82) is 0 Å². The van der Waals surface area contributed by atoms with Gasteiger partial charge in [-0.05, 0) is 12.1 Å². The summed E-state index contributed by atoms with van der Waals surface area (Å²) in [6.45, 7) is 7.18. The number of halogens is 3. The SMILES string of the molecule is C=C[C@H](O[C@@H]1O[C@H](COC(C)=O)[C@@H](OC(C)=O)[C@H](OC(C)=O)[C@H]1NC(=O)C(Cl)(Cl)Cl)[C@H]1OC(=O)[C@@H](OC(=O)Oc2ccccc2)[C@@H]1OC(C)=O. The highest BCUT2D eigenvalue weighted by Gasteiger charge is 2.57. The second kappa shape index (κ2) is 17.7. The Bertz CT molecular complexity index is 1450. The Kier molecular flexibility index (Phi) is 14.2. The minimum atomic E-state index is -2.59. The van der Waals surface area contributed by atoms with Crippen molar-refractivity contribution in [3.05, 3.63) is 43.0 Å². The summed E-state index contributed by atoms with van der Waals surface area (Å²) in [4.78, 5) is 86.6. The standard InChI is InChI=1S/C30H32Cl3NO16/c1-6-18(21-24(45-16(5)38)25(26(39)49-21)50-29(41)46-17-10-8-7-9-11-17)47-27-20(34-28(40)30(31,32)33)23(44-15(4)37)22(43-14(3)36)19(48-27)12-42-13(2)35/h6-11,18-25,27H,1,12H2,2-5H3,(H,34,40)/t18-,19+,20+,21+,22+,23+,24+,25-,27+/m0/s1. The van der Waals surface area contributed by atoms with Crippen molar-refractivity contribution < 1.29 is 76.2 Å². The van der Waals surface area contributed by atoms with Gasteiger partial charge in [-0.3, -0.25) is 24.0 Å². The van der Waals surface area contributed by atoms with E-state index in [-0.39, 0.29) is 5.75 Å². The molecule has 50 heavy (non-hydrogen) atoms. The highest BCUT2D eigenvalue weighted by molar-refractivity contribution is 6.76. The number of carbonyl (C=O) groups is 7. The second-order valence-electron chi connectivity index (χ2n) is 10.5. The molecule has 1 aromatic rings. The summed E-state index contributed by atoms with van der Waals surface area (Å²) in [5, 5.41) is 2.31. The molecule has 0 radical (unpaired) electrons. The number of rotatable bonds is 12. The number of carbonyl (C=O) groups excluding carboxylic acids is 7. The third kappa shape index (κ3) is 11.2. The van der Waals surface area contributed by atoms with Crippen LogP contribution in [0.5, 0.6) is 5.75 Å². The molecule has 3 rings (SSSR count).